The lowest BCUT2D eigenvalue weighted by Crippen LogP contribution is -2.14. The molecule has 0 radical (unpaired) electrons. The van der Waals surface area contributed by atoms with Gasteiger partial charge in [0.25, 0.3) is 0 Å². The van der Waals surface area contributed by atoms with Crippen molar-refractivity contribution in [2.45, 2.75) is 10.9 Å². The Labute approximate surface area is 153 Å². The molecule has 0 aliphatic carbocycles. The second-order valence-electron chi connectivity index (χ2n) is 4.78. The molecule has 0 heterocycles. The van der Waals surface area contributed by atoms with E-state index >= 15 is 0 Å². The highest BCUT2D eigenvalue weighted by Crippen LogP contribution is 2.60. The van der Waals surface area contributed by atoms with Crippen LogP contribution < -0.4 is 0 Å². The van der Waals surface area contributed by atoms with Gasteiger partial charge < -0.3 is 9.79 Å². The van der Waals surface area contributed by atoms with Gasteiger partial charge in [0.05, 0.1) is 5.25 Å². The third kappa shape index (κ3) is 4.06. The molecule has 0 aliphatic heterocycles. The maximum absolute atomic E-state index is 13.8. The number of thiol groups is 1. The Balaban J connectivity index is 2.42. The number of rotatable bonds is 4. The Morgan fingerprint density at radius 2 is 1.70 bits per heavy atom. The number of hydrogen-bond acceptors (Lipinski definition) is 2. The smallest absolute Gasteiger partial charge is 0.320 e. The van der Waals surface area contributed by atoms with Gasteiger partial charge in [-0.15, -0.1) is 0 Å². The number of alkyl halides is 2. The van der Waals surface area contributed by atoms with Crippen LogP contribution in [0.25, 0.3) is 0 Å². The Hall–Kier alpha value is -0.240. The second kappa shape index (κ2) is 6.94. The molecule has 2 rings (SSSR count). The van der Waals surface area contributed by atoms with Crippen molar-refractivity contribution in [1.29, 1.82) is 0 Å². The van der Waals surface area contributed by atoms with Crippen LogP contribution in [-0.2, 0) is 10.2 Å². The predicted molar refractivity (Wildman–Crippen MR) is 95.1 cm³/mol. The quantitative estimate of drug-likeness (QED) is 0.396. The van der Waals surface area contributed by atoms with E-state index in [1.54, 1.807) is 0 Å². The molecule has 0 saturated carbocycles. The Morgan fingerprint density at radius 3 is 2.22 bits per heavy atom. The summed E-state index contributed by atoms with van der Waals surface area (Å²) in [4.78, 5) is 17.7. The highest BCUT2D eigenvalue weighted by molar-refractivity contribution is 9.10. The summed E-state index contributed by atoms with van der Waals surface area (Å²) >= 11 is 10.8. The van der Waals surface area contributed by atoms with Crippen LogP contribution in [0.3, 0.4) is 0 Å². The standard InChI is InChI=1S/C14H11Br2F2O3PS/c15-10-3-1-2-8(6-10)13(23)9-4-5-11(12(16)7-9)14(17,18)22(19,20)21/h1-7,13,23H,(H2,19,20,21). The first-order chi connectivity index (χ1) is 10.5. The summed E-state index contributed by atoms with van der Waals surface area (Å²) in [5.41, 5.74) is -3.55. The molecule has 0 fully saturated rings. The van der Waals surface area contributed by atoms with Crippen molar-refractivity contribution in [3.05, 3.63) is 68.1 Å². The number of benzene rings is 2. The zero-order valence-electron chi connectivity index (χ0n) is 11.3. The van der Waals surface area contributed by atoms with Gasteiger partial charge in [-0.05, 0) is 29.3 Å². The van der Waals surface area contributed by atoms with Crippen LogP contribution in [-0.4, -0.2) is 9.79 Å². The van der Waals surface area contributed by atoms with Crippen molar-refractivity contribution in [2.75, 3.05) is 0 Å². The van der Waals surface area contributed by atoms with Gasteiger partial charge in [0, 0.05) is 14.5 Å². The molecule has 2 aromatic carbocycles. The largest absolute Gasteiger partial charge is 0.399 e. The van der Waals surface area contributed by atoms with Gasteiger partial charge in [-0.3, -0.25) is 4.57 Å². The summed E-state index contributed by atoms with van der Waals surface area (Å²) in [5, 5.41) is -0.374. The summed E-state index contributed by atoms with van der Waals surface area (Å²) < 4.78 is 39.4. The molecule has 3 nitrogen and oxygen atoms in total. The van der Waals surface area contributed by atoms with Gasteiger partial charge in [-0.2, -0.15) is 21.4 Å². The van der Waals surface area contributed by atoms with Crippen LogP contribution in [0.5, 0.6) is 0 Å². The van der Waals surface area contributed by atoms with Crippen molar-refractivity contribution >= 4 is 52.1 Å². The molecule has 0 aliphatic rings. The Morgan fingerprint density at radius 1 is 1.09 bits per heavy atom. The number of halogens is 4. The fourth-order valence-electron chi connectivity index (χ4n) is 1.97. The fourth-order valence-corrected chi connectivity index (χ4v) is 4.02. The SMILES string of the molecule is O=P(O)(O)C(F)(F)c1ccc(C(S)c2cccc(Br)c2)cc1Br. The van der Waals surface area contributed by atoms with E-state index in [2.05, 4.69) is 44.5 Å². The maximum Gasteiger partial charge on any atom is 0.399 e. The number of hydrogen-bond donors (Lipinski definition) is 3. The van der Waals surface area contributed by atoms with Crippen LogP contribution in [0, 0.1) is 0 Å². The van der Waals surface area contributed by atoms with E-state index in [0.29, 0.717) is 5.56 Å². The zero-order chi connectivity index (χ0) is 17.4. The van der Waals surface area contributed by atoms with Crippen molar-refractivity contribution in [2.24, 2.45) is 0 Å². The van der Waals surface area contributed by atoms with E-state index in [-0.39, 0.29) is 9.72 Å². The van der Waals surface area contributed by atoms with E-state index in [0.717, 1.165) is 16.1 Å². The minimum Gasteiger partial charge on any atom is -0.320 e. The molecule has 1 unspecified atom stereocenters. The highest BCUT2D eigenvalue weighted by Gasteiger charge is 2.51. The van der Waals surface area contributed by atoms with Gasteiger partial charge in [0.1, 0.15) is 0 Å². The van der Waals surface area contributed by atoms with Crippen molar-refractivity contribution < 1.29 is 23.1 Å². The Bertz CT molecular complexity index is 782. The molecule has 0 aromatic heterocycles. The molecule has 124 valence electrons. The zero-order valence-corrected chi connectivity index (χ0v) is 16.3. The van der Waals surface area contributed by atoms with Gasteiger partial charge >= 0.3 is 13.3 Å². The summed E-state index contributed by atoms with van der Waals surface area (Å²) in [6, 6.07) is 11.1. The first-order valence-electron chi connectivity index (χ1n) is 6.21. The fraction of sp³-hybridized carbons (Fsp3) is 0.143. The topological polar surface area (TPSA) is 57.5 Å². The average Bonchev–Trinajstić information content (AvgIpc) is 2.44. The van der Waals surface area contributed by atoms with E-state index in [1.165, 1.54) is 12.1 Å². The molecule has 1 atom stereocenters. The lowest BCUT2D eigenvalue weighted by atomic mass is 10.0. The predicted octanol–water partition coefficient (Wildman–Crippen LogP) is 5.46. The van der Waals surface area contributed by atoms with E-state index in [9.17, 15) is 13.3 Å². The monoisotopic (exact) mass is 486 g/mol. The third-order valence-electron chi connectivity index (χ3n) is 3.16. The molecular weight excluding hydrogens is 477 g/mol. The van der Waals surface area contributed by atoms with Crippen molar-refractivity contribution in [1.82, 2.24) is 0 Å². The van der Waals surface area contributed by atoms with Crippen LogP contribution in [0.1, 0.15) is 21.9 Å². The van der Waals surface area contributed by atoms with E-state index in [1.807, 2.05) is 24.3 Å². The average molecular weight is 488 g/mol. The van der Waals surface area contributed by atoms with E-state index in [4.69, 9.17) is 9.79 Å². The van der Waals surface area contributed by atoms with Crippen LogP contribution >= 0.6 is 52.1 Å². The molecule has 23 heavy (non-hydrogen) atoms. The molecule has 0 bridgehead atoms. The van der Waals surface area contributed by atoms with Crippen molar-refractivity contribution in [3.8, 4) is 0 Å². The van der Waals surface area contributed by atoms with Gasteiger partial charge in [-0.25, -0.2) is 0 Å². The molecule has 9 heteroatoms. The lowest BCUT2D eigenvalue weighted by molar-refractivity contribution is 0.0557. The normalized spacial score (nSPS) is 13.9. The summed E-state index contributed by atoms with van der Waals surface area (Å²) in [7, 11) is -5.61. The van der Waals surface area contributed by atoms with Gasteiger partial charge in [0.2, 0.25) is 0 Å². The first-order valence-corrected chi connectivity index (χ1v) is 9.92. The maximum atomic E-state index is 13.8. The van der Waals surface area contributed by atoms with Crippen LogP contribution in [0.2, 0.25) is 0 Å². The van der Waals surface area contributed by atoms with Crippen molar-refractivity contribution in [3.63, 3.8) is 0 Å². The van der Waals surface area contributed by atoms with Crippen LogP contribution in [0.4, 0.5) is 8.78 Å². The van der Waals surface area contributed by atoms with E-state index < -0.39 is 18.8 Å². The second-order valence-corrected chi connectivity index (χ2v) is 8.72. The highest BCUT2D eigenvalue weighted by atomic mass is 79.9. The van der Waals surface area contributed by atoms with Gasteiger partial charge in [0.15, 0.2) is 0 Å². The Kier molecular flexibility index (Phi) is 5.76. The third-order valence-corrected chi connectivity index (χ3v) is 5.88. The molecule has 0 saturated heterocycles. The molecular formula is C14H11Br2F2O3PS. The first kappa shape index (κ1) is 19.1. The molecule has 2 N–H and O–H groups in total. The minimum atomic E-state index is -5.61. The summed E-state index contributed by atoms with van der Waals surface area (Å²) in [6.45, 7) is 0. The molecule has 2 aromatic rings. The van der Waals surface area contributed by atoms with Gasteiger partial charge in [-0.1, -0.05) is 56.1 Å². The minimum absolute atomic E-state index is 0.0858. The van der Waals surface area contributed by atoms with Crippen LogP contribution in [0.15, 0.2) is 51.4 Å². The lowest BCUT2D eigenvalue weighted by Gasteiger charge is -2.20. The summed E-state index contributed by atoms with van der Waals surface area (Å²) in [6.07, 6.45) is 0. The molecule has 0 amide bonds. The summed E-state index contributed by atoms with van der Waals surface area (Å²) in [5.74, 6) is 0. The molecule has 0 spiro atoms.